The molecule has 0 radical (unpaired) electrons. The first kappa shape index (κ1) is 26.0. The van der Waals surface area contributed by atoms with E-state index in [1.165, 1.54) is 24.3 Å². The van der Waals surface area contributed by atoms with Crippen LogP contribution in [0.1, 0.15) is 46.8 Å². The highest BCUT2D eigenvalue weighted by molar-refractivity contribution is 6.12. The maximum Gasteiger partial charge on any atom is 0.275 e. The number of hydrogen-bond donors (Lipinski definition) is 0. The number of allylic oxidation sites excluding steroid dienone is 1. The molecule has 4 nitrogen and oxygen atoms in total. The fourth-order valence-electron chi connectivity index (χ4n) is 6.15. The number of aromatic nitrogens is 1. The fraction of sp³-hybridized carbons (Fsp3) is 0.139. The standard InChI is InChI=1S/C36H27F2N3O/c37-27-17-13-23(14-18-27)21-26-9-6-11-30-34(26)40-41(35(30)25-15-19-28(38)20-16-25)36(42)31-22-33(24-7-2-1-3-8-24)39-32-12-5-4-10-29(31)32/h1-5,7-8,10,12-22,30,35H,6,9,11H2/b26-21+/t30-,35+/m1/s1. The number of para-hydroxylation sites is 1. The average molecular weight is 556 g/mol. The number of nitrogens with zero attached hydrogens (tertiary/aromatic N) is 3. The van der Waals surface area contributed by atoms with Crippen molar-refractivity contribution in [3.8, 4) is 11.3 Å². The number of halogens is 2. The van der Waals surface area contributed by atoms with E-state index in [1.54, 1.807) is 29.3 Å². The highest BCUT2D eigenvalue weighted by Gasteiger charge is 2.44. The first-order chi connectivity index (χ1) is 20.5. The summed E-state index contributed by atoms with van der Waals surface area (Å²) >= 11 is 0. The molecule has 1 fully saturated rings. The summed E-state index contributed by atoms with van der Waals surface area (Å²) in [5.74, 6) is -0.905. The third kappa shape index (κ3) is 4.79. The van der Waals surface area contributed by atoms with Crippen molar-refractivity contribution in [3.63, 3.8) is 0 Å². The lowest BCUT2D eigenvalue weighted by Gasteiger charge is -2.30. The van der Waals surface area contributed by atoms with Crippen LogP contribution < -0.4 is 0 Å². The lowest BCUT2D eigenvalue weighted by Crippen LogP contribution is -2.32. The van der Waals surface area contributed by atoms with Gasteiger partial charge in [-0.05, 0) is 78.4 Å². The van der Waals surface area contributed by atoms with Crippen molar-refractivity contribution in [2.75, 3.05) is 0 Å². The van der Waals surface area contributed by atoms with E-state index in [0.717, 1.165) is 58.1 Å². The number of rotatable bonds is 4. The monoisotopic (exact) mass is 555 g/mol. The van der Waals surface area contributed by atoms with Crippen molar-refractivity contribution in [1.82, 2.24) is 9.99 Å². The van der Waals surface area contributed by atoms with E-state index in [1.807, 2.05) is 66.7 Å². The van der Waals surface area contributed by atoms with Crippen LogP contribution in [0.15, 0.2) is 120 Å². The molecule has 2 heterocycles. The van der Waals surface area contributed by atoms with Crippen molar-refractivity contribution >= 4 is 28.6 Å². The Morgan fingerprint density at radius 1 is 0.833 bits per heavy atom. The Morgan fingerprint density at radius 2 is 1.52 bits per heavy atom. The van der Waals surface area contributed by atoms with Gasteiger partial charge in [0.25, 0.3) is 5.91 Å². The van der Waals surface area contributed by atoms with Gasteiger partial charge in [-0.1, -0.05) is 72.8 Å². The van der Waals surface area contributed by atoms with Gasteiger partial charge in [-0.3, -0.25) is 4.79 Å². The van der Waals surface area contributed by atoms with Crippen molar-refractivity contribution in [2.45, 2.75) is 25.3 Å². The SMILES string of the molecule is O=C(c1cc(-c2ccccc2)nc2ccccc12)N1N=C2/C(=C/c3ccc(F)cc3)CCC[C@H]2[C@@H]1c1ccc(F)cc1. The van der Waals surface area contributed by atoms with Gasteiger partial charge in [0, 0.05) is 16.9 Å². The maximum atomic E-state index is 14.6. The quantitative estimate of drug-likeness (QED) is 0.223. The summed E-state index contributed by atoms with van der Waals surface area (Å²) in [6.45, 7) is 0. The van der Waals surface area contributed by atoms with E-state index in [-0.39, 0.29) is 23.5 Å². The van der Waals surface area contributed by atoms with Gasteiger partial charge < -0.3 is 0 Å². The molecule has 2 atom stereocenters. The van der Waals surface area contributed by atoms with Gasteiger partial charge in [0.05, 0.1) is 28.5 Å². The van der Waals surface area contributed by atoms with E-state index in [9.17, 15) is 13.6 Å². The molecule has 6 heteroatoms. The van der Waals surface area contributed by atoms with Crippen LogP contribution in [-0.2, 0) is 0 Å². The Morgan fingerprint density at radius 3 is 2.29 bits per heavy atom. The lowest BCUT2D eigenvalue weighted by atomic mass is 9.77. The number of pyridine rings is 1. The molecule has 0 spiro atoms. The van der Waals surface area contributed by atoms with E-state index in [0.29, 0.717) is 11.3 Å². The van der Waals surface area contributed by atoms with Crippen LogP contribution in [0.25, 0.3) is 28.2 Å². The molecule has 4 aromatic carbocycles. The molecule has 1 saturated carbocycles. The summed E-state index contributed by atoms with van der Waals surface area (Å²) in [5.41, 5.74) is 6.46. The van der Waals surface area contributed by atoms with Crippen molar-refractivity contribution < 1.29 is 13.6 Å². The zero-order chi connectivity index (χ0) is 28.6. The highest BCUT2D eigenvalue weighted by atomic mass is 19.1. The summed E-state index contributed by atoms with van der Waals surface area (Å²) in [7, 11) is 0. The molecular formula is C36H27F2N3O. The van der Waals surface area contributed by atoms with Crippen LogP contribution in [0.2, 0.25) is 0 Å². The summed E-state index contributed by atoms with van der Waals surface area (Å²) in [6, 6.07) is 31.6. The smallest absolute Gasteiger partial charge is 0.267 e. The van der Waals surface area contributed by atoms with Crippen LogP contribution in [0.3, 0.4) is 0 Å². The average Bonchev–Trinajstić information content (AvgIpc) is 3.43. The predicted molar refractivity (Wildman–Crippen MR) is 162 cm³/mol. The largest absolute Gasteiger partial charge is 0.275 e. The predicted octanol–water partition coefficient (Wildman–Crippen LogP) is 8.62. The molecular weight excluding hydrogens is 528 g/mol. The molecule has 0 N–H and O–H groups in total. The van der Waals surface area contributed by atoms with Crippen LogP contribution in [-0.4, -0.2) is 21.6 Å². The Labute approximate surface area is 242 Å². The second-order valence-corrected chi connectivity index (χ2v) is 10.8. The first-order valence-electron chi connectivity index (χ1n) is 14.1. The number of benzene rings is 4. The van der Waals surface area contributed by atoms with Gasteiger partial charge in [0.15, 0.2) is 0 Å². The molecule has 5 aromatic rings. The second kappa shape index (κ2) is 10.8. The zero-order valence-electron chi connectivity index (χ0n) is 22.8. The van der Waals surface area contributed by atoms with Gasteiger partial charge >= 0.3 is 0 Å². The third-order valence-electron chi connectivity index (χ3n) is 8.15. The third-order valence-corrected chi connectivity index (χ3v) is 8.15. The number of hydrogen-bond acceptors (Lipinski definition) is 3. The fourth-order valence-corrected chi connectivity index (χ4v) is 6.15. The van der Waals surface area contributed by atoms with E-state index < -0.39 is 6.04 Å². The summed E-state index contributed by atoms with van der Waals surface area (Å²) in [4.78, 5) is 19.5. The van der Waals surface area contributed by atoms with Crippen molar-refractivity contribution in [3.05, 3.63) is 143 Å². The molecule has 2 aliphatic rings. The molecule has 0 bridgehead atoms. The summed E-state index contributed by atoms with van der Waals surface area (Å²) in [5, 5.41) is 7.35. The molecule has 1 amide bonds. The maximum absolute atomic E-state index is 14.6. The second-order valence-electron chi connectivity index (χ2n) is 10.8. The number of carbonyl (C=O) groups excluding carboxylic acids is 1. The number of fused-ring (bicyclic) bond motifs is 2. The zero-order valence-corrected chi connectivity index (χ0v) is 22.8. The minimum Gasteiger partial charge on any atom is -0.267 e. The Bertz CT molecular complexity index is 1850. The number of amides is 1. The van der Waals surface area contributed by atoms with E-state index in [2.05, 4.69) is 0 Å². The first-order valence-corrected chi connectivity index (χ1v) is 14.1. The summed E-state index contributed by atoms with van der Waals surface area (Å²) in [6.07, 6.45) is 4.61. The van der Waals surface area contributed by atoms with Crippen LogP contribution in [0.4, 0.5) is 8.78 Å². The molecule has 1 aromatic heterocycles. The summed E-state index contributed by atoms with van der Waals surface area (Å²) < 4.78 is 27.6. The van der Waals surface area contributed by atoms with Crippen LogP contribution in [0, 0.1) is 17.6 Å². The minimum atomic E-state index is -0.392. The Kier molecular flexibility index (Phi) is 6.67. The van der Waals surface area contributed by atoms with Gasteiger partial charge in [-0.25, -0.2) is 18.8 Å². The highest BCUT2D eigenvalue weighted by Crippen LogP contribution is 2.45. The van der Waals surface area contributed by atoms with Gasteiger partial charge in [-0.2, -0.15) is 5.10 Å². The molecule has 7 rings (SSSR count). The Balaban J connectivity index is 1.37. The normalized spacial score (nSPS) is 19.1. The molecule has 0 unspecified atom stereocenters. The molecule has 0 saturated heterocycles. The lowest BCUT2D eigenvalue weighted by molar-refractivity contribution is 0.0683. The van der Waals surface area contributed by atoms with E-state index >= 15 is 0 Å². The topological polar surface area (TPSA) is 45.6 Å². The van der Waals surface area contributed by atoms with Crippen LogP contribution in [0.5, 0.6) is 0 Å². The van der Waals surface area contributed by atoms with Gasteiger partial charge in [0.1, 0.15) is 11.6 Å². The number of hydrazone groups is 1. The molecule has 206 valence electrons. The van der Waals surface area contributed by atoms with Crippen LogP contribution >= 0.6 is 0 Å². The Hall–Kier alpha value is -4.97. The van der Waals surface area contributed by atoms with Gasteiger partial charge in [-0.15, -0.1) is 0 Å². The van der Waals surface area contributed by atoms with Crippen molar-refractivity contribution in [2.24, 2.45) is 11.0 Å². The minimum absolute atomic E-state index is 0.0541. The van der Waals surface area contributed by atoms with E-state index in [4.69, 9.17) is 10.1 Å². The number of carbonyl (C=O) groups is 1. The van der Waals surface area contributed by atoms with Gasteiger partial charge in [0.2, 0.25) is 0 Å². The molecule has 1 aliphatic carbocycles. The molecule has 1 aliphatic heterocycles. The van der Waals surface area contributed by atoms with Crippen molar-refractivity contribution in [1.29, 1.82) is 0 Å². The molecule has 42 heavy (non-hydrogen) atoms.